The minimum atomic E-state index is -1.78. The molecule has 0 amide bonds. The standard InChI is InChI=1S/C20H30O10/c1-7-10(4)20(26)30-19-17(29-13(23)8-9(2)3)15(25)14(24)16(27-11(5)21)18(19)28-12(6)22/h7,9,14-19,24-25H,8H2,1-6H3. The number of rotatable bonds is 7. The number of aliphatic hydroxyl groups is 2. The molecule has 30 heavy (non-hydrogen) atoms. The highest BCUT2D eigenvalue weighted by atomic mass is 16.6. The maximum absolute atomic E-state index is 12.4. The van der Waals surface area contributed by atoms with Crippen LogP contribution in [0.4, 0.5) is 0 Å². The average molecular weight is 430 g/mol. The summed E-state index contributed by atoms with van der Waals surface area (Å²) in [6.07, 6.45) is -8.24. The lowest BCUT2D eigenvalue weighted by Gasteiger charge is -2.45. The van der Waals surface area contributed by atoms with Gasteiger partial charge in [0, 0.05) is 25.8 Å². The van der Waals surface area contributed by atoms with Crippen molar-refractivity contribution < 1.29 is 48.3 Å². The first-order chi connectivity index (χ1) is 13.9. The summed E-state index contributed by atoms with van der Waals surface area (Å²) in [6.45, 7) is 8.75. The maximum Gasteiger partial charge on any atom is 0.333 e. The van der Waals surface area contributed by atoms with Crippen molar-refractivity contribution in [3.63, 3.8) is 0 Å². The molecule has 0 aromatic carbocycles. The minimum Gasteiger partial charge on any atom is -0.456 e. The molecule has 0 aliphatic heterocycles. The maximum atomic E-state index is 12.4. The Hall–Kier alpha value is -2.46. The fourth-order valence-electron chi connectivity index (χ4n) is 2.94. The molecule has 0 heterocycles. The predicted molar refractivity (Wildman–Crippen MR) is 102 cm³/mol. The van der Waals surface area contributed by atoms with E-state index in [1.807, 2.05) is 0 Å². The number of allylic oxidation sites excluding steroid dienone is 1. The molecule has 0 bridgehead atoms. The van der Waals surface area contributed by atoms with Gasteiger partial charge in [0.05, 0.1) is 0 Å². The second-order valence-corrected chi connectivity index (χ2v) is 7.52. The molecular weight excluding hydrogens is 400 g/mol. The van der Waals surface area contributed by atoms with Crippen molar-refractivity contribution in [1.82, 2.24) is 0 Å². The van der Waals surface area contributed by atoms with E-state index in [1.165, 1.54) is 13.0 Å². The number of carbonyl (C=O) groups excluding carboxylic acids is 4. The Labute approximate surface area is 175 Å². The number of hydrogen-bond donors (Lipinski definition) is 2. The van der Waals surface area contributed by atoms with Crippen LogP contribution in [0, 0.1) is 5.92 Å². The van der Waals surface area contributed by atoms with Crippen molar-refractivity contribution in [3.8, 4) is 0 Å². The summed E-state index contributed by atoms with van der Waals surface area (Å²) in [5.41, 5.74) is 0.202. The van der Waals surface area contributed by atoms with E-state index in [1.54, 1.807) is 20.8 Å². The Morgan fingerprint density at radius 1 is 0.800 bits per heavy atom. The molecule has 0 aromatic rings. The van der Waals surface area contributed by atoms with Gasteiger partial charge in [-0.25, -0.2) is 4.79 Å². The molecule has 6 unspecified atom stereocenters. The molecule has 2 N–H and O–H groups in total. The second-order valence-electron chi connectivity index (χ2n) is 7.52. The van der Waals surface area contributed by atoms with E-state index in [2.05, 4.69) is 0 Å². The van der Waals surface area contributed by atoms with E-state index >= 15 is 0 Å². The first-order valence-corrected chi connectivity index (χ1v) is 9.62. The summed E-state index contributed by atoms with van der Waals surface area (Å²) in [7, 11) is 0. The normalized spacial score (nSPS) is 29.2. The van der Waals surface area contributed by atoms with Gasteiger partial charge in [-0.1, -0.05) is 19.9 Å². The Kier molecular flexibility index (Phi) is 9.44. The van der Waals surface area contributed by atoms with Crippen LogP contribution in [0.5, 0.6) is 0 Å². The van der Waals surface area contributed by atoms with Gasteiger partial charge in [0.25, 0.3) is 0 Å². The third-order valence-corrected chi connectivity index (χ3v) is 4.44. The van der Waals surface area contributed by atoms with Gasteiger partial charge in [-0.05, 0) is 19.8 Å². The summed E-state index contributed by atoms with van der Waals surface area (Å²) < 4.78 is 20.9. The van der Waals surface area contributed by atoms with Gasteiger partial charge < -0.3 is 29.2 Å². The third-order valence-electron chi connectivity index (χ3n) is 4.44. The lowest BCUT2D eigenvalue weighted by Crippen LogP contribution is -2.67. The van der Waals surface area contributed by atoms with Gasteiger partial charge >= 0.3 is 23.9 Å². The summed E-state index contributed by atoms with van der Waals surface area (Å²) >= 11 is 0. The van der Waals surface area contributed by atoms with E-state index < -0.39 is 60.5 Å². The number of hydrogen-bond acceptors (Lipinski definition) is 10. The van der Waals surface area contributed by atoms with Crippen molar-refractivity contribution >= 4 is 23.9 Å². The number of esters is 4. The molecular formula is C20H30O10. The average Bonchev–Trinajstić information content (AvgIpc) is 2.63. The molecule has 1 aliphatic carbocycles. The van der Waals surface area contributed by atoms with Gasteiger partial charge in [0.1, 0.15) is 12.2 Å². The lowest BCUT2D eigenvalue weighted by molar-refractivity contribution is -0.251. The Morgan fingerprint density at radius 2 is 1.23 bits per heavy atom. The number of aliphatic hydroxyl groups excluding tert-OH is 2. The van der Waals surface area contributed by atoms with E-state index in [0.717, 1.165) is 13.8 Å². The van der Waals surface area contributed by atoms with Gasteiger partial charge in [-0.15, -0.1) is 0 Å². The zero-order valence-electron chi connectivity index (χ0n) is 18.0. The second kappa shape index (κ2) is 11.1. The van der Waals surface area contributed by atoms with E-state index in [4.69, 9.17) is 18.9 Å². The van der Waals surface area contributed by atoms with E-state index in [9.17, 15) is 29.4 Å². The molecule has 0 radical (unpaired) electrons. The van der Waals surface area contributed by atoms with Crippen LogP contribution in [0.25, 0.3) is 0 Å². The first-order valence-electron chi connectivity index (χ1n) is 9.62. The molecule has 0 aromatic heterocycles. The fourth-order valence-corrected chi connectivity index (χ4v) is 2.94. The van der Waals surface area contributed by atoms with Crippen molar-refractivity contribution in [1.29, 1.82) is 0 Å². The molecule has 10 nitrogen and oxygen atoms in total. The SMILES string of the molecule is CC=C(C)C(=O)OC1C(OC(=O)CC(C)C)C(O)C(O)C(OC(C)=O)C1OC(C)=O. The van der Waals surface area contributed by atoms with Crippen LogP contribution < -0.4 is 0 Å². The van der Waals surface area contributed by atoms with Gasteiger partial charge in [-0.3, -0.25) is 14.4 Å². The van der Waals surface area contributed by atoms with Crippen molar-refractivity contribution in [2.45, 2.75) is 84.6 Å². The highest BCUT2D eigenvalue weighted by molar-refractivity contribution is 5.87. The Morgan fingerprint density at radius 3 is 1.67 bits per heavy atom. The summed E-state index contributed by atoms with van der Waals surface area (Å²) in [5, 5.41) is 21.1. The quantitative estimate of drug-likeness (QED) is 0.331. The van der Waals surface area contributed by atoms with Crippen LogP contribution in [0.1, 0.15) is 48.0 Å². The Balaban J connectivity index is 3.39. The molecule has 1 aliphatic rings. The van der Waals surface area contributed by atoms with Crippen molar-refractivity contribution in [3.05, 3.63) is 11.6 Å². The highest BCUT2D eigenvalue weighted by Gasteiger charge is 2.57. The van der Waals surface area contributed by atoms with Crippen LogP contribution in [0.15, 0.2) is 11.6 Å². The van der Waals surface area contributed by atoms with Gasteiger partial charge in [0.2, 0.25) is 0 Å². The summed E-state index contributed by atoms with van der Waals surface area (Å²) in [5.74, 6) is -3.25. The van der Waals surface area contributed by atoms with Gasteiger partial charge in [0.15, 0.2) is 24.4 Å². The summed E-state index contributed by atoms with van der Waals surface area (Å²) in [4.78, 5) is 47.8. The monoisotopic (exact) mass is 430 g/mol. The number of ether oxygens (including phenoxy) is 4. The predicted octanol–water partition coefficient (Wildman–Crippen LogP) is 0.421. The molecule has 1 fully saturated rings. The molecule has 6 atom stereocenters. The number of carbonyl (C=O) groups is 4. The molecule has 1 saturated carbocycles. The Bertz CT molecular complexity index is 683. The van der Waals surface area contributed by atoms with Crippen LogP contribution in [-0.4, -0.2) is 70.7 Å². The molecule has 170 valence electrons. The molecule has 10 heteroatoms. The lowest BCUT2D eigenvalue weighted by atomic mass is 9.84. The smallest absolute Gasteiger partial charge is 0.333 e. The van der Waals surface area contributed by atoms with Crippen LogP contribution in [0.2, 0.25) is 0 Å². The molecule has 1 rings (SSSR count). The van der Waals surface area contributed by atoms with Gasteiger partial charge in [-0.2, -0.15) is 0 Å². The van der Waals surface area contributed by atoms with E-state index in [-0.39, 0.29) is 17.9 Å². The van der Waals surface area contributed by atoms with Crippen LogP contribution >= 0.6 is 0 Å². The topological polar surface area (TPSA) is 146 Å². The van der Waals surface area contributed by atoms with Crippen molar-refractivity contribution in [2.24, 2.45) is 5.92 Å². The third kappa shape index (κ3) is 6.81. The molecule has 0 saturated heterocycles. The summed E-state index contributed by atoms with van der Waals surface area (Å²) in [6, 6.07) is 0. The largest absolute Gasteiger partial charge is 0.456 e. The highest BCUT2D eigenvalue weighted by Crippen LogP contribution is 2.31. The van der Waals surface area contributed by atoms with Crippen molar-refractivity contribution in [2.75, 3.05) is 0 Å². The van der Waals surface area contributed by atoms with Crippen LogP contribution in [0.3, 0.4) is 0 Å². The molecule has 0 spiro atoms. The fraction of sp³-hybridized carbons (Fsp3) is 0.700. The minimum absolute atomic E-state index is 0.000517. The zero-order chi connectivity index (χ0) is 23.2. The van der Waals surface area contributed by atoms with E-state index in [0.29, 0.717) is 0 Å². The zero-order valence-corrected chi connectivity index (χ0v) is 18.0. The van der Waals surface area contributed by atoms with Crippen LogP contribution in [-0.2, 0) is 38.1 Å². The first kappa shape index (κ1) is 25.6.